The molecular formula is C12H7BrClIN2O. The van der Waals surface area contributed by atoms with Crippen molar-refractivity contribution < 1.29 is 4.79 Å². The predicted octanol–water partition coefficient (Wildman–Crippen LogP) is 4.35. The quantitative estimate of drug-likeness (QED) is 0.561. The van der Waals surface area contributed by atoms with Gasteiger partial charge in [0.2, 0.25) is 0 Å². The number of amides is 1. The number of rotatable bonds is 2. The smallest absolute Gasteiger partial charge is 0.256 e. The molecule has 1 aromatic carbocycles. The largest absolute Gasteiger partial charge is 0.319 e. The van der Waals surface area contributed by atoms with Gasteiger partial charge < -0.3 is 5.32 Å². The van der Waals surface area contributed by atoms with Gasteiger partial charge in [0.15, 0.2) is 5.15 Å². The van der Waals surface area contributed by atoms with Crippen LogP contribution in [0.5, 0.6) is 0 Å². The van der Waals surface area contributed by atoms with Gasteiger partial charge in [-0.25, -0.2) is 4.98 Å². The van der Waals surface area contributed by atoms with Gasteiger partial charge in [-0.1, -0.05) is 27.5 Å². The zero-order chi connectivity index (χ0) is 13.1. The maximum Gasteiger partial charge on any atom is 0.256 e. The Morgan fingerprint density at radius 2 is 2.17 bits per heavy atom. The summed E-state index contributed by atoms with van der Waals surface area (Å²) in [7, 11) is 0. The fourth-order valence-corrected chi connectivity index (χ4v) is 2.45. The van der Waals surface area contributed by atoms with E-state index in [2.05, 4.69) is 48.8 Å². The van der Waals surface area contributed by atoms with E-state index in [1.165, 1.54) is 0 Å². The van der Waals surface area contributed by atoms with E-state index in [9.17, 15) is 4.79 Å². The van der Waals surface area contributed by atoms with Crippen molar-refractivity contribution in [2.45, 2.75) is 0 Å². The van der Waals surface area contributed by atoms with E-state index in [4.69, 9.17) is 11.6 Å². The van der Waals surface area contributed by atoms with Crippen LogP contribution in [-0.4, -0.2) is 10.9 Å². The van der Waals surface area contributed by atoms with Crippen LogP contribution in [0.15, 0.2) is 41.0 Å². The SMILES string of the molecule is O=C(Nc1cccnc1Cl)c1cc(Br)ccc1I. The molecule has 2 rings (SSSR count). The number of carbonyl (C=O) groups is 1. The lowest BCUT2D eigenvalue weighted by atomic mass is 10.2. The Bertz CT molecular complexity index is 606. The molecule has 3 nitrogen and oxygen atoms in total. The minimum Gasteiger partial charge on any atom is -0.319 e. The van der Waals surface area contributed by atoms with Gasteiger partial charge in [0.25, 0.3) is 5.91 Å². The minimum atomic E-state index is -0.212. The molecule has 0 saturated carbocycles. The number of aromatic nitrogens is 1. The second kappa shape index (κ2) is 5.99. The van der Waals surface area contributed by atoms with Gasteiger partial charge >= 0.3 is 0 Å². The lowest BCUT2D eigenvalue weighted by Crippen LogP contribution is -2.14. The van der Waals surface area contributed by atoms with Crippen molar-refractivity contribution >= 4 is 61.7 Å². The van der Waals surface area contributed by atoms with E-state index >= 15 is 0 Å². The second-order valence-corrected chi connectivity index (χ2v) is 5.86. The molecule has 18 heavy (non-hydrogen) atoms. The molecule has 0 bridgehead atoms. The number of hydrogen-bond donors (Lipinski definition) is 1. The lowest BCUT2D eigenvalue weighted by molar-refractivity contribution is 0.102. The van der Waals surface area contributed by atoms with Crippen LogP contribution < -0.4 is 5.32 Å². The molecule has 0 saturated heterocycles. The molecule has 0 atom stereocenters. The Labute approximate surface area is 131 Å². The Balaban J connectivity index is 2.28. The van der Waals surface area contributed by atoms with Crippen LogP contribution >= 0.6 is 50.1 Å². The fourth-order valence-electron chi connectivity index (χ4n) is 1.34. The summed E-state index contributed by atoms with van der Waals surface area (Å²) in [6, 6.07) is 8.94. The first kappa shape index (κ1) is 13.8. The summed E-state index contributed by atoms with van der Waals surface area (Å²) >= 11 is 11.3. The van der Waals surface area contributed by atoms with E-state index in [1.807, 2.05) is 12.1 Å². The number of nitrogens with one attached hydrogen (secondary N) is 1. The zero-order valence-electron chi connectivity index (χ0n) is 8.95. The third-order valence-corrected chi connectivity index (χ3v) is 3.92. The monoisotopic (exact) mass is 436 g/mol. The molecule has 0 spiro atoms. The topological polar surface area (TPSA) is 42.0 Å². The Morgan fingerprint density at radius 3 is 2.89 bits per heavy atom. The molecule has 0 aliphatic rings. The highest BCUT2D eigenvalue weighted by Gasteiger charge is 2.12. The normalized spacial score (nSPS) is 10.2. The van der Waals surface area contributed by atoms with Crippen molar-refractivity contribution in [3.05, 3.63) is 55.3 Å². The molecule has 1 amide bonds. The average molecular weight is 437 g/mol. The van der Waals surface area contributed by atoms with E-state index in [1.54, 1.807) is 24.4 Å². The first-order chi connectivity index (χ1) is 8.58. The Morgan fingerprint density at radius 1 is 1.39 bits per heavy atom. The van der Waals surface area contributed by atoms with Crippen molar-refractivity contribution in [3.8, 4) is 0 Å². The highest BCUT2D eigenvalue weighted by atomic mass is 127. The number of nitrogens with zero attached hydrogens (tertiary/aromatic N) is 1. The Hall–Kier alpha value is -0.660. The van der Waals surface area contributed by atoms with Gasteiger partial charge in [0, 0.05) is 14.2 Å². The number of halogens is 3. The third kappa shape index (κ3) is 3.21. The standard InChI is InChI=1S/C12H7BrClIN2O/c13-7-3-4-9(15)8(6-7)12(18)17-10-2-1-5-16-11(10)14/h1-6H,(H,17,18). The third-order valence-electron chi connectivity index (χ3n) is 2.18. The van der Waals surface area contributed by atoms with Crippen molar-refractivity contribution in [1.82, 2.24) is 4.98 Å². The molecule has 1 aromatic heterocycles. The predicted molar refractivity (Wildman–Crippen MR) is 84.1 cm³/mol. The van der Waals surface area contributed by atoms with E-state index in [0.29, 0.717) is 11.3 Å². The molecule has 0 aliphatic carbocycles. The zero-order valence-corrected chi connectivity index (χ0v) is 13.5. The summed E-state index contributed by atoms with van der Waals surface area (Å²) < 4.78 is 1.72. The summed E-state index contributed by atoms with van der Waals surface area (Å²) in [5.74, 6) is -0.212. The van der Waals surface area contributed by atoms with Crippen LogP contribution in [0.1, 0.15) is 10.4 Å². The summed E-state index contributed by atoms with van der Waals surface area (Å²) in [5, 5.41) is 3.01. The molecule has 2 aromatic rings. The van der Waals surface area contributed by atoms with Gasteiger partial charge in [-0.05, 0) is 52.9 Å². The number of benzene rings is 1. The first-order valence-electron chi connectivity index (χ1n) is 4.95. The van der Waals surface area contributed by atoms with Gasteiger partial charge in [-0.3, -0.25) is 4.79 Å². The highest BCUT2D eigenvalue weighted by molar-refractivity contribution is 14.1. The van der Waals surface area contributed by atoms with Crippen LogP contribution in [0.25, 0.3) is 0 Å². The molecule has 0 unspecified atom stereocenters. The molecule has 0 aliphatic heterocycles. The molecule has 92 valence electrons. The second-order valence-electron chi connectivity index (χ2n) is 3.42. The molecular weight excluding hydrogens is 430 g/mol. The van der Waals surface area contributed by atoms with Crippen molar-refractivity contribution in [2.75, 3.05) is 5.32 Å². The molecule has 0 radical (unpaired) electrons. The van der Waals surface area contributed by atoms with E-state index in [-0.39, 0.29) is 11.1 Å². The minimum absolute atomic E-state index is 0.212. The molecule has 6 heteroatoms. The van der Waals surface area contributed by atoms with Gasteiger partial charge in [0.05, 0.1) is 11.3 Å². The summed E-state index contributed by atoms with van der Waals surface area (Å²) in [6.07, 6.45) is 1.57. The van der Waals surface area contributed by atoms with Crippen LogP contribution in [0.3, 0.4) is 0 Å². The van der Waals surface area contributed by atoms with E-state index in [0.717, 1.165) is 8.04 Å². The van der Waals surface area contributed by atoms with Gasteiger partial charge in [0.1, 0.15) is 0 Å². The number of anilines is 1. The molecule has 1 heterocycles. The lowest BCUT2D eigenvalue weighted by Gasteiger charge is -2.08. The van der Waals surface area contributed by atoms with Crippen LogP contribution in [0.2, 0.25) is 5.15 Å². The van der Waals surface area contributed by atoms with Gasteiger partial charge in [-0.2, -0.15) is 0 Å². The number of carbonyl (C=O) groups excluding carboxylic acids is 1. The number of pyridine rings is 1. The highest BCUT2D eigenvalue weighted by Crippen LogP contribution is 2.22. The van der Waals surface area contributed by atoms with E-state index < -0.39 is 0 Å². The van der Waals surface area contributed by atoms with Crippen molar-refractivity contribution in [3.63, 3.8) is 0 Å². The molecule has 1 N–H and O–H groups in total. The summed E-state index contributed by atoms with van der Waals surface area (Å²) in [4.78, 5) is 16.0. The first-order valence-corrected chi connectivity index (χ1v) is 7.20. The van der Waals surface area contributed by atoms with Gasteiger partial charge in [-0.15, -0.1) is 0 Å². The average Bonchev–Trinajstić information content (AvgIpc) is 2.35. The summed E-state index contributed by atoms with van der Waals surface area (Å²) in [5.41, 5.74) is 1.09. The summed E-state index contributed by atoms with van der Waals surface area (Å²) in [6.45, 7) is 0. The van der Waals surface area contributed by atoms with Crippen LogP contribution in [0, 0.1) is 3.57 Å². The van der Waals surface area contributed by atoms with Crippen molar-refractivity contribution in [2.24, 2.45) is 0 Å². The molecule has 0 fully saturated rings. The maximum atomic E-state index is 12.1. The number of hydrogen-bond acceptors (Lipinski definition) is 2. The van der Waals surface area contributed by atoms with Crippen LogP contribution in [0.4, 0.5) is 5.69 Å². The maximum absolute atomic E-state index is 12.1. The fraction of sp³-hybridized carbons (Fsp3) is 0. The van der Waals surface area contributed by atoms with Crippen LogP contribution in [-0.2, 0) is 0 Å². The Kier molecular flexibility index (Phi) is 4.58. The van der Waals surface area contributed by atoms with Crippen molar-refractivity contribution in [1.29, 1.82) is 0 Å².